The largest absolute Gasteiger partial charge is 0.484 e. The Labute approximate surface area is 246 Å². The molecule has 0 bridgehead atoms. The molecule has 0 aliphatic heterocycles. The molecular formula is C34H37N5O3. The lowest BCUT2D eigenvalue weighted by Gasteiger charge is -2.29. The zero-order chi connectivity index (χ0) is 29.1. The highest BCUT2D eigenvalue weighted by Crippen LogP contribution is 2.29. The lowest BCUT2D eigenvalue weighted by atomic mass is 9.86. The van der Waals surface area contributed by atoms with Crippen LogP contribution in [0.4, 0.5) is 11.8 Å². The smallest absolute Gasteiger partial charge is 0.257 e. The average Bonchev–Trinajstić information content (AvgIpc) is 3.15. The number of amides is 1. The van der Waals surface area contributed by atoms with Crippen LogP contribution in [0.2, 0.25) is 0 Å². The number of nitrogens with one attached hydrogen (secondary N) is 2. The van der Waals surface area contributed by atoms with Crippen LogP contribution in [0, 0.1) is 5.92 Å². The molecule has 2 aliphatic carbocycles. The van der Waals surface area contributed by atoms with Gasteiger partial charge in [-0.1, -0.05) is 36.4 Å². The molecule has 1 saturated carbocycles. The van der Waals surface area contributed by atoms with Gasteiger partial charge in [0.05, 0.1) is 5.52 Å². The van der Waals surface area contributed by atoms with Crippen LogP contribution in [-0.2, 0) is 17.6 Å². The van der Waals surface area contributed by atoms with Gasteiger partial charge in [-0.2, -0.15) is 4.98 Å². The number of hydrogen-bond donors (Lipinski definition) is 2. The molecule has 0 atom stereocenters. The number of aryl methyl sites for hydroxylation is 2. The van der Waals surface area contributed by atoms with Crippen molar-refractivity contribution in [2.45, 2.75) is 44.6 Å². The van der Waals surface area contributed by atoms with E-state index in [-0.39, 0.29) is 18.3 Å². The molecule has 8 nitrogen and oxygen atoms in total. The number of carbonyl (C=O) groups is 2. The van der Waals surface area contributed by atoms with E-state index in [9.17, 15) is 9.59 Å². The van der Waals surface area contributed by atoms with E-state index in [0.717, 1.165) is 71.9 Å². The first-order chi connectivity index (χ1) is 20.4. The van der Waals surface area contributed by atoms with Gasteiger partial charge in [0.2, 0.25) is 5.95 Å². The van der Waals surface area contributed by atoms with E-state index in [4.69, 9.17) is 14.7 Å². The van der Waals surface area contributed by atoms with Crippen LogP contribution in [-0.4, -0.2) is 54.9 Å². The molecule has 216 valence electrons. The van der Waals surface area contributed by atoms with Gasteiger partial charge in [0.25, 0.3) is 5.91 Å². The Bertz CT molecular complexity index is 1610. The number of rotatable bonds is 8. The molecule has 2 N–H and O–H groups in total. The predicted molar refractivity (Wildman–Crippen MR) is 165 cm³/mol. The predicted octanol–water partition coefficient (Wildman–Crippen LogP) is 5.19. The second-order valence-electron chi connectivity index (χ2n) is 11.5. The van der Waals surface area contributed by atoms with Gasteiger partial charge in [0, 0.05) is 43.2 Å². The fraction of sp³-hybridized carbons (Fsp3) is 0.353. The summed E-state index contributed by atoms with van der Waals surface area (Å²) >= 11 is 0. The van der Waals surface area contributed by atoms with Crippen molar-refractivity contribution in [3.8, 4) is 5.75 Å². The van der Waals surface area contributed by atoms with Crippen molar-refractivity contribution in [2.24, 2.45) is 5.92 Å². The van der Waals surface area contributed by atoms with Crippen LogP contribution in [0.1, 0.15) is 52.7 Å². The van der Waals surface area contributed by atoms with Gasteiger partial charge in [0.1, 0.15) is 11.6 Å². The van der Waals surface area contributed by atoms with Crippen molar-refractivity contribution >= 4 is 34.4 Å². The average molecular weight is 564 g/mol. The van der Waals surface area contributed by atoms with Crippen molar-refractivity contribution in [3.63, 3.8) is 0 Å². The molecule has 1 amide bonds. The Morgan fingerprint density at radius 1 is 0.905 bits per heavy atom. The summed E-state index contributed by atoms with van der Waals surface area (Å²) in [7, 11) is 4.00. The van der Waals surface area contributed by atoms with E-state index in [0.29, 0.717) is 35.8 Å². The van der Waals surface area contributed by atoms with Crippen molar-refractivity contribution < 1.29 is 14.3 Å². The van der Waals surface area contributed by atoms with E-state index in [1.54, 1.807) is 6.07 Å². The highest BCUT2D eigenvalue weighted by molar-refractivity contribution is 6.11. The number of ketones is 1. The Balaban J connectivity index is 0.963. The minimum atomic E-state index is -0.130. The number of ether oxygens (including phenoxy) is 1. The third-order valence-electron chi connectivity index (χ3n) is 8.39. The summed E-state index contributed by atoms with van der Waals surface area (Å²) in [5, 5.41) is 7.64. The van der Waals surface area contributed by atoms with Crippen LogP contribution in [0.25, 0.3) is 10.9 Å². The van der Waals surface area contributed by atoms with Crippen molar-refractivity contribution in [3.05, 3.63) is 89.0 Å². The topological polar surface area (TPSA) is 96.5 Å². The van der Waals surface area contributed by atoms with Gasteiger partial charge in [0.15, 0.2) is 12.4 Å². The highest BCUT2D eigenvalue weighted by atomic mass is 16.5. The molecule has 6 rings (SSSR count). The summed E-state index contributed by atoms with van der Waals surface area (Å²) in [6, 6.07) is 21.7. The third-order valence-corrected chi connectivity index (χ3v) is 8.39. The minimum Gasteiger partial charge on any atom is -0.484 e. The van der Waals surface area contributed by atoms with E-state index in [1.807, 2.05) is 79.7 Å². The molecule has 1 heterocycles. The summed E-state index contributed by atoms with van der Waals surface area (Å²) in [6.07, 6.45) is 5.62. The first-order valence-electron chi connectivity index (χ1n) is 14.8. The van der Waals surface area contributed by atoms with Gasteiger partial charge in [-0.15, -0.1) is 0 Å². The van der Waals surface area contributed by atoms with Crippen LogP contribution >= 0.6 is 0 Å². The van der Waals surface area contributed by atoms with Gasteiger partial charge in [-0.05, 0) is 85.9 Å². The summed E-state index contributed by atoms with van der Waals surface area (Å²) in [6.45, 7) is 0.598. The second-order valence-corrected chi connectivity index (χ2v) is 11.5. The number of para-hydroxylation sites is 1. The van der Waals surface area contributed by atoms with Crippen LogP contribution in [0.3, 0.4) is 0 Å². The molecule has 1 fully saturated rings. The van der Waals surface area contributed by atoms with E-state index in [1.165, 1.54) is 0 Å². The molecule has 4 aromatic rings. The number of aromatic nitrogens is 2. The number of benzene rings is 3. The third kappa shape index (κ3) is 6.08. The number of nitrogens with zero attached hydrogens (tertiary/aromatic N) is 3. The molecular weight excluding hydrogens is 526 g/mol. The monoisotopic (exact) mass is 563 g/mol. The maximum atomic E-state index is 13.0. The summed E-state index contributed by atoms with van der Waals surface area (Å²) in [4.78, 5) is 37.1. The lowest BCUT2D eigenvalue weighted by molar-refractivity contribution is -0.123. The number of hydrogen-bond acceptors (Lipinski definition) is 7. The molecule has 3 aromatic carbocycles. The van der Waals surface area contributed by atoms with Crippen LogP contribution in [0.15, 0.2) is 66.7 Å². The van der Waals surface area contributed by atoms with E-state index >= 15 is 0 Å². The zero-order valence-electron chi connectivity index (χ0n) is 24.2. The fourth-order valence-corrected chi connectivity index (χ4v) is 6.08. The molecule has 42 heavy (non-hydrogen) atoms. The summed E-state index contributed by atoms with van der Waals surface area (Å²) in [5.41, 5.74) is 4.46. The number of carbonyl (C=O) groups excluding carboxylic acids is 2. The van der Waals surface area contributed by atoms with Gasteiger partial charge >= 0.3 is 0 Å². The minimum absolute atomic E-state index is 0.0443. The zero-order valence-corrected chi connectivity index (χ0v) is 24.2. The fourth-order valence-electron chi connectivity index (χ4n) is 6.08. The number of anilines is 2. The number of fused-ring (bicyclic) bond motifs is 3. The summed E-state index contributed by atoms with van der Waals surface area (Å²) in [5.74, 6) is 2.54. The van der Waals surface area contributed by atoms with Crippen molar-refractivity contribution in [1.29, 1.82) is 0 Å². The summed E-state index contributed by atoms with van der Waals surface area (Å²) < 4.78 is 5.82. The van der Waals surface area contributed by atoms with Crippen LogP contribution < -0.4 is 20.3 Å². The quantitative estimate of drug-likeness (QED) is 0.305. The first kappa shape index (κ1) is 27.7. The molecule has 0 saturated heterocycles. The van der Waals surface area contributed by atoms with Crippen molar-refractivity contribution in [1.82, 2.24) is 15.3 Å². The molecule has 1 aromatic heterocycles. The van der Waals surface area contributed by atoms with Gasteiger partial charge < -0.3 is 20.3 Å². The Kier molecular flexibility index (Phi) is 8.04. The Morgan fingerprint density at radius 2 is 1.64 bits per heavy atom. The molecule has 8 heteroatoms. The van der Waals surface area contributed by atoms with E-state index < -0.39 is 0 Å². The maximum absolute atomic E-state index is 13.0. The molecule has 2 aliphatic rings. The molecule has 0 radical (unpaired) electrons. The van der Waals surface area contributed by atoms with Crippen LogP contribution in [0.5, 0.6) is 5.75 Å². The van der Waals surface area contributed by atoms with Gasteiger partial charge in [-0.25, -0.2) is 4.98 Å². The Hall–Kier alpha value is -4.46. The molecule has 0 unspecified atom stereocenters. The Morgan fingerprint density at radius 3 is 2.48 bits per heavy atom. The lowest BCUT2D eigenvalue weighted by Crippen LogP contribution is -2.36. The highest BCUT2D eigenvalue weighted by Gasteiger charge is 2.24. The SMILES string of the molecule is CN(C)c1nc(N[C@H]2CC[C@@H](CNC(=O)COc3ccc4c(c3)CCc3ccccc3C4=O)CC2)nc2ccccc12. The normalized spacial score (nSPS) is 18.0. The van der Waals surface area contributed by atoms with Gasteiger partial charge in [-0.3, -0.25) is 9.59 Å². The first-order valence-corrected chi connectivity index (χ1v) is 14.8. The standard InChI is InChI=1S/C34H37N5O3/c1-39(2)33-29-9-5-6-10-30(29)37-34(38-33)36-25-15-11-22(12-16-25)20-35-31(40)21-42-26-17-18-28-24(19-26)14-13-23-7-3-4-8-27(23)32(28)41/h3-10,17-19,22,25H,11-16,20-21H2,1-2H3,(H,35,40)(H,36,37,38)/t22-,25+. The second kappa shape index (κ2) is 12.2. The maximum Gasteiger partial charge on any atom is 0.257 e. The van der Waals surface area contributed by atoms with Crippen molar-refractivity contribution in [2.75, 3.05) is 37.5 Å². The van der Waals surface area contributed by atoms with E-state index in [2.05, 4.69) is 10.6 Å². The molecule has 0 spiro atoms.